The lowest BCUT2D eigenvalue weighted by Gasteiger charge is -2.25. The minimum Gasteiger partial charge on any atom is -0.306 e. The van der Waals surface area contributed by atoms with Gasteiger partial charge in [-0.15, -0.1) is 0 Å². The first kappa shape index (κ1) is 15.6. The lowest BCUT2D eigenvalue weighted by molar-refractivity contribution is 0.420. The van der Waals surface area contributed by atoms with Crippen molar-refractivity contribution in [2.45, 2.75) is 51.6 Å². The monoisotopic (exact) mass is 265 g/mol. The van der Waals surface area contributed by atoms with Gasteiger partial charge in [-0.2, -0.15) is 11.8 Å². The molecule has 2 atom stereocenters. The molecule has 1 rings (SSSR count). The Morgan fingerprint density at radius 3 is 2.44 bits per heavy atom. The van der Waals surface area contributed by atoms with Gasteiger partial charge in [-0.3, -0.25) is 0 Å². The zero-order valence-corrected chi connectivity index (χ0v) is 12.8. The second-order valence-corrected chi connectivity index (χ2v) is 5.74. The van der Waals surface area contributed by atoms with Crippen molar-refractivity contribution in [1.29, 1.82) is 0 Å². The quantitative estimate of drug-likeness (QED) is 0.697. The van der Waals surface area contributed by atoms with E-state index in [1.807, 2.05) is 11.8 Å². The summed E-state index contributed by atoms with van der Waals surface area (Å²) in [6.45, 7) is 4.54. The van der Waals surface area contributed by atoms with Gasteiger partial charge in [0, 0.05) is 17.8 Å². The van der Waals surface area contributed by atoms with E-state index < -0.39 is 0 Å². The van der Waals surface area contributed by atoms with Crippen molar-refractivity contribution < 1.29 is 0 Å². The van der Waals surface area contributed by atoms with E-state index in [1.54, 1.807) is 0 Å². The average Bonchev–Trinajstić information content (AvgIpc) is 2.43. The van der Waals surface area contributed by atoms with E-state index in [2.05, 4.69) is 55.8 Å². The van der Waals surface area contributed by atoms with E-state index in [9.17, 15) is 0 Å². The summed E-state index contributed by atoms with van der Waals surface area (Å²) in [4.78, 5) is 0. The lowest BCUT2D eigenvalue weighted by atomic mass is 10.00. The van der Waals surface area contributed by atoms with E-state index in [4.69, 9.17) is 0 Å². The summed E-state index contributed by atoms with van der Waals surface area (Å²) >= 11 is 1.93. The molecule has 0 saturated heterocycles. The van der Waals surface area contributed by atoms with E-state index >= 15 is 0 Å². The number of nitrogens with one attached hydrogen (secondary N) is 1. The molecule has 1 aromatic carbocycles. The molecule has 0 aliphatic rings. The first-order chi connectivity index (χ1) is 8.81. The van der Waals surface area contributed by atoms with Gasteiger partial charge in [0.1, 0.15) is 0 Å². The van der Waals surface area contributed by atoms with Crippen molar-refractivity contribution in [3.63, 3.8) is 0 Å². The number of benzene rings is 1. The van der Waals surface area contributed by atoms with Gasteiger partial charge in [-0.25, -0.2) is 0 Å². The largest absolute Gasteiger partial charge is 0.306 e. The minimum absolute atomic E-state index is 0.517. The molecule has 1 N–H and O–H groups in total. The van der Waals surface area contributed by atoms with Gasteiger partial charge in [0.05, 0.1) is 0 Å². The molecule has 18 heavy (non-hydrogen) atoms. The topological polar surface area (TPSA) is 12.0 Å². The van der Waals surface area contributed by atoms with Crippen LogP contribution in [-0.4, -0.2) is 18.1 Å². The molecule has 0 aliphatic heterocycles. The molecular formula is C16H27NS. The second-order valence-electron chi connectivity index (χ2n) is 4.83. The van der Waals surface area contributed by atoms with E-state index in [0.29, 0.717) is 12.1 Å². The van der Waals surface area contributed by atoms with Crippen LogP contribution >= 0.6 is 11.8 Å². The van der Waals surface area contributed by atoms with Crippen molar-refractivity contribution in [2.75, 3.05) is 12.0 Å². The number of hydrogen-bond acceptors (Lipinski definition) is 2. The summed E-state index contributed by atoms with van der Waals surface area (Å²) in [5.41, 5.74) is 1.44. The van der Waals surface area contributed by atoms with Crippen molar-refractivity contribution in [3.8, 4) is 0 Å². The molecule has 1 nitrogen and oxygen atoms in total. The SMILES string of the molecule is CCCCC(NC(CC)CSC)c1ccccc1. The summed E-state index contributed by atoms with van der Waals surface area (Å²) < 4.78 is 0. The fourth-order valence-corrected chi connectivity index (χ4v) is 2.94. The van der Waals surface area contributed by atoms with Crippen LogP contribution in [0.4, 0.5) is 0 Å². The maximum Gasteiger partial charge on any atom is 0.0322 e. The van der Waals surface area contributed by atoms with Crippen LogP contribution in [0.1, 0.15) is 51.1 Å². The zero-order valence-electron chi connectivity index (χ0n) is 12.0. The average molecular weight is 265 g/mol. The summed E-state index contributed by atoms with van der Waals surface area (Å²) in [6, 6.07) is 12.0. The van der Waals surface area contributed by atoms with Crippen molar-refractivity contribution >= 4 is 11.8 Å². The van der Waals surface area contributed by atoms with Crippen LogP contribution in [0.5, 0.6) is 0 Å². The minimum atomic E-state index is 0.517. The highest BCUT2D eigenvalue weighted by atomic mass is 32.2. The fraction of sp³-hybridized carbons (Fsp3) is 0.625. The molecule has 0 spiro atoms. The number of thioether (sulfide) groups is 1. The number of hydrogen-bond donors (Lipinski definition) is 1. The van der Waals surface area contributed by atoms with Crippen LogP contribution in [0.15, 0.2) is 30.3 Å². The van der Waals surface area contributed by atoms with E-state index in [0.717, 1.165) is 0 Å². The van der Waals surface area contributed by atoms with Gasteiger partial charge in [-0.05, 0) is 24.7 Å². The van der Waals surface area contributed by atoms with Crippen LogP contribution in [-0.2, 0) is 0 Å². The Bertz CT molecular complexity index is 299. The number of rotatable bonds is 9. The third-order valence-electron chi connectivity index (χ3n) is 3.35. The van der Waals surface area contributed by atoms with Gasteiger partial charge in [-0.1, -0.05) is 57.0 Å². The molecular weight excluding hydrogens is 238 g/mol. The van der Waals surface area contributed by atoms with Crippen LogP contribution in [0, 0.1) is 0 Å². The molecule has 0 saturated carbocycles. The Hall–Kier alpha value is -0.470. The molecule has 0 amide bonds. The summed E-state index contributed by atoms with van der Waals surface area (Å²) in [7, 11) is 0. The summed E-state index contributed by atoms with van der Waals surface area (Å²) in [5, 5.41) is 3.83. The Balaban J connectivity index is 2.65. The summed E-state index contributed by atoms with van der Waals surface area (Å²) in [5.74, 6) is 1.20. The highest BCUT2D eigenvalue weighted by molar-refractivity contribution is 7.98. The molecule has 0 heterocycles. The smallest absolute Gasteiger partial charge is 0.0322 e. The molecule has 0 aromatic heterocycles. The Morgan fingerprint density at radius 2 is 1.89 bits per heavy atom. The van der Waals surface area contributed by atoms with Crippen LogP contribution < -0.4 is 5.32 Å². The number of unbranched alkanes of at least 4 members (excludes halogenated alkanes) is 1. The molecule has 2 heteroatoms. The highest BCUT2D eigenvalue weighted by Gasteiger charge is 2.14. The third kappa shape index (κ3) is 5.45. The molecule has 2 unspecified atom stereocenters. The third-order valence-corrected chi connectivity index (χ3v) is 4.08. The molecule has 0 bridgehead atoms. The van der Waals surface area contributed by atoms with Crippen LogP contribution in [0.25, 0.3) is 0 Å². The Labute approximate surface area is 117 Å². The first-order valence-corrected chi connectivity index (χ1v) is 8.51. The molecule has 0 radical (unpaired) electrons. The van der Waals surface area contributed by atoms with Crippen LogP contribution in [0.3, 0.4) is 0 Å². The Kier molecular flexibility index (Phi) is 8.19. The molecule has 0 fully saturated rings. The van der Waals surface area contributed by atoms with E-state index in [-0.39, 0.29) is 0 Å². The predicted molar refractivity (Wildman–Crippen MR) is 84.3 cm³/mol. The van der Waals surface area contributed by atoms with E-state index in [1.165, 1.54) is 37.0 Å². The van der Waals surface area contributed by atoms with Crippen molar-refractivity contribution in [2.24, 2.45) is 0 Å². The zero-order chi connectivity index (χ0) is 13.2. The highest BCUT2D eigenvalue weighted by Crippen LogP contribution is 2.21. The van der Waals surface area contributed by atoms with Gasteiger partial charge >= 0.3 is 0 Å². The lowest BCUT2D eigenvalue weighted by Crippen LogP contribution is -2.34. The normalized spacial score (nSPS) is 14.4. The van der Waals surface area contributed by atoms with Gasteiger partial charge < -0.3 is 5.32 Å². The molecule has 0 aliphatic carbocycles. The maximum absolute atomic E-state index is 3.83. The molecule has 102 valence electrons. The maximum atomic E-state index is 3.83. The fourth-order valence-electron chi connectivity index (χ4n) is 2.21. The van der Waals surface area contributed by atoms with Crippen LogP contribution in [0.2, 0.25) is 0 Å². The summed E-state index contributed by atoms with van der Waals surface area (Å²) in [6.07, 6.45) is 7.20. The van der Waals surface area contributed by atoms with Gasteiger partial charge in [0.2, 0.25) is 0 Å². The Morgan fingerprint density at radius 1 is 1.17 bits per heavy atom. The van der Waals surface area contributed by atoms with Gasteiger partial charge in [0.25, 0.3) is 0 Å². The van der Waals surface area contributed by atoms with Crippen molar-refractivity contribution in [3.05, 3.63) is 35.9 Å². The standard InChI is InChI=1S/C16H27NS/c1-4-6-12-16(14-10-8-7-9-11-14)17-15(5-2)13-18-3/h7-11,15-17H,4-6,12-13H2,1-3H3. The second kappa shape index (κ2) is 9.46. The van der Waals surface area contributed by atoms with Gasteiger partial charge in [0.15, 0.2) is 0 Å². The first-order valence-electron chi connectivity index (χ1n) is 7.11. The molecule has 1 aromatic rings. The predicted octanol–water partition coefficient (Wildman–Crippen LogP) is 4.65. The van der Waals surface area contributed by atoms with Crippen molar-refractivity contribution in [1.82, 2.24) is 5.32 Å².